The van der Waals surface area contributed by atoms with E-state index in [-0.39, 0.29) is 11.4 Å². The summed E-state index contributed by atoms with van der Waals surface area (Å²) in [5.41, 5.74) is 0.0949. The molecule has 0 N–H and O–H groups in total. The number of esters is 1. The van der Waals surface area contributed by atoms with Crippen LogP contribution in [0.1, 0.15) is 6.42 Å². The first kappa shape index (κ1) is 6.05. The van der Waals surface area contributed by atoms with Gasteiger partial charge in [0.1, 0.15) is 0 Å². The molecule has 6 saturated carbocycles. The molecule has 0 spiro atoms. The minimum atomic E-state index is 0.0949. The number of carbonyl (C=O) groups is 1. The lowest BCUT2D eigenvalue weighted by Gasteiger charge is -2.10. The molecule has 0 saturated heterocycles. The Hall–Kier alpha value is -0.530. The van der Waals surface area contributed by atoms with Crippen molar-refractivity contribution in [2.45, 2.75) is 6.42 Å². The second kappa shape index (κ2) is 1.27. The zero-order valence-corrected chi connectivity index (χ0v) is 7.57. The van der Waals surface area contributed by atoms with Gasteiger partial charge in [-0.1, -0.05) is 0 Å². The van der Waals surface area contributed by atoms with Gasteiger partial charge >= 0.3 is 5.97 Å². The van der Waals surface area contributed by atoms with E-state index in [0.29, 0.717) is 0 Å². The van der Waals surface area contributed by atoms with E-state index in [1.165, 1.54) is 6.42 Å². The average molecular weight is 176 g/mol. The molecular formula is C11H12O2. The maximum Gasteiger partial charge on any atom is 0.312 e. The molecule has 68 valence electrons. The topological polar surface area (TPSA) is 26.3 Å². The molecule has 0 aromatic carbocycles. The fourth-order valence-corrected chi connectivity index (χ4v) is 6.23. The van der Waals surface area contributed by atoms with Crippen LogP contribution in [0.15, 0.2) is 0 Å². The smallest absolute Gasteiger partial charge is 0.312 e. The molecule has 2 nitrogen and oxygen atoms in total. The van der Waals surface area contributed by atoms with Crippen molar-refractivity contribution in [3.8, 4) is 0 Å². The van der Waals surface area contributed by atoms with Crippen molar-refractivity contribution in [1.82, 2.24) is 0 Å². The van der Waals surface area contributed by atoms with Crippen LogP contribution in [0.3, 0.4) is 0 Å². The molecule has 13 heavy (non-hydrogen) atoms. The maximum atomic E-state index is 11.8. The highest BCUT2D eigenvalue weighted by molar-refractivity contribution is 5.86. The standard InChI is InChI=1S/C11H12O2/c1-13-10(12)11-7-3-2-4(8(7)11)6-5(3)9(6)11/h3-9H,2H2,1H3/t3-,4-,5-,6-,7+,8+,9?,11?/m1/s1. The molecule has 0 aromatic rings. The summed E-state index contributed by atoms with van der Waals surface area (Å²) in [6, 6.07) is 0. The van der Waals surface area contributed by atoms with Gasteiger partial charge in [-0.2, -0.15) is 0 Å². The monoisotopic (exact) mass is 176 g/mol. The van der Waals surface area contributed by atoms with Crippen LogP contribution in [0.4, 0.5) is 0 Å². The van der Waals surface area contributed by atoms with Crippen LogP contribution in [-0.2, 0) is 9.53 Å². The molecule has 6 rings (SSSR count). The van der Waals surface area contributed by atoms with E-state index in [2.05, 4.69) is 0 Å². The molecule has 2 bridgehead atoms. The van der Waals surface area contributed by atoms with Gasteiger partial charge in [-0.15, -0.1) is 0 Å². The first-order valence-electron chi connectivity index (χ1n) is 5.42. The summed E-state index contributed by atoms with van der Waals surface area (Å²) in [7, 11) is 1.56. The van der Waals surface area contributed by atoms with E-state index in [0.717, 1.165) is 41.4 Å². The van der Waals surface area contributed by atoms with Crippen molar-refractivity contribution in [1.29, 1.82) is 0 Å². The molecule has 0 unspecified atom stereocenters. The quantitative estimate of drug-likeness (QED) is 0.555. The predicted molar refractivity (Wildman–Crippen MR) is 43.5 cm³/mol. The first-order chi connectivity index (χ1) is 6.33. The summed E-state index contributed by atoms with van der Waals surface area (Å²) in [4.78, 5) is 11.8. The van der Waals surface area contributed by atoms with Gasteiger partial charge in [0, 0.05) is 0 Å². The van der Waals surface area contributed by atoms with Crippen molar-refractivity contribution in [2.75, 3.05) is 7.11 Å². The van der Waals surface area contributed by atoms with Gasteiger partial charge in [-0.25, -0.2) is 0 Å². The van der Waals surface area contributed by atoms with Gasteiger partial charge in [0.15, 0.2) is 0 Å². The Morgan fingerprint density at radius 3 is 2.23 bits per heavy atom. The molecule has 0 aromatic heterocycles. The Labute approximate surface area is 76.6 Å². The van der Waals surface area contributed by atoms with E-state index in [9.17, 15) is 4.79 Å². The number of rotatable bonds is 1. The van der Waals surface area contributed by atoms with Crippen LogP contribution in [0, 0.1) is 46.8 Å². The molecule has 6 aliphatic carbocycles. The third kappa shape index (κ3) is 0.311. The summed E-state index contributed by atoms with van der Waals surface area (Å²) in [5.74, 6) is 6.34. The van der Waals surface area contributed by atoms with Crippen LogP contribution in [-0.4, -0.2) is 13.1 Å². The van der Waals surface area contributed by atoms with Crippen molar-refractivity contribution < 1.29 is 9.53 Å². The fourth-order valence-electron chi connectivity index (χ4n) is 6.23. The fraction of sp³-hybridized carbons (Fsp3) is 0.909. The predicted octanol–water partition coefficient (Wildman–Crippen LogP) is 0.917. The number of carbonyl (C=O) groups excluding carboxylic acids is 1. The van der Waals surface area contributed by atoms with Gasteiger partial charge in [-0.05, 0) is 47.8 Å². The summed E-state index contributed by atoms with van der Waals surface area (Å²) in [6.07, 6.45) is 1.46. The normalized spacial score (nSPS) is 77.2. The van der Waals surface area contributed by atoms with Crippen LogP contribution < -0.4 is 0 Å². The van der Waals surface area contributed by atoms with Crippen molar-refractivity contribution in [3.05, 3.63) is 0 Å². The third-order valence-electron chi connectivity index (χ3n) is 6.06. The second-order valence-corrected chi connectivity index (χ2v) is 5.72. The lowest BCUT2D eigenvalue weighted by atomic mass is 9.98. The summed E-state index contributed by atoms with van der Waals surface area (Å²) in [6.45, 7) is 0. The van der Waals surface area contributed by atoms with Gasteiger partial charge < -0.3 is 4.74 Å². The third-order valence-corrected chi connectivity index (χ3v) is 6.06. The highest BCUT2D eigenvalue weighted by atomic mass is 16.5. The Kier molecular flexibility index (Phi) is 0.591. The van der Waals surface area contributed by atoms with Gasteiger partial charge in [0.25, 0.3) is 0 Å². The van der Waals surface area contributed by atoms with Gasteiger partial charge in [0.2, 0.25) is 0 Å². The minimum Gasteiger partial charge on any atom is -0.469 e. The summed E-state index contributed by atoms with van der Waals surface area (Å²) in [5, 5.41) is 0. The Balaban J connectivity index is 1.74. The summed E-state index contributed by atoms with van der Waals surface area (Å²) < 4.78 is 5.00. The van der Waals surface area contributed by atoms with Crippen molar-refractivity contribution in [3.63, 3.8) is 0 Å². The molecule has 0 amide bonds. The van der Waals surface area contributed by atoms with Crippen molar-refractivity contribution in [2.24, 2.45) is 46.8 Å². The van der Waals surface area contributed by atoms with Gasteiger partial charge in [-0.3, -0.25) is 4.79 Å². The Morgan fingerprint density at radius 1 is 1.23 bits per heavy atom. The van der Waals surface area contributed by atoms with Crippen LogP contribution in [0.25, 0.3) is 0 Å². The Morgan fingerprint density at radius 2 is 1.85 bits per heavy atom. The van der Waals surface area contributed by atoms with Gasteiger partial charge in [0.05, 0.1) is 12.5 Å². The van der Waals surface area contributed by atoms with E-state index in [1.54, 1.807) is 7.11 Å². The minimum absolute atomic E-state index is 0.0949. The molecule has 6 aliphatic rings. The second-order valence-electron chi connectivity index (χ2n) is 5.72. The first-order valence-corrected chi connectivity index (χ1v) is 5.42. The molecule has 6 atom stereocenters. The molecular weight excluding hydrogens is 164 g/mol. The van der Waals surface area contributed by atoms with Crippen LogP contribution in [0.2, 0.25) is 0 Å². The van der Waals surface area contributed by atoms with E-state index >= 15 is 0 Å². The zero-order valence-electron chi connectivity index (χ0n) is 7.57. The highest BCUT2D eigenvalue weighted by Gasteiger charge is 3.00. The molecule has 0 aliphatic heterocycles. The number of hydrogen-bond acceptors (Lipinski definition) is 2. The maximum absolute atomic E-state index is 11.8. The lowest BCUT2D eigenvalue weighted by molar-refractivity contribution is -0.148. The largest absolute Gasteiger partial charge is 0.469 e. The number of ether oxygens (including phenoxy) is 1. The molecule has 0 radical (unpaired) electrons. The zero-order chi connectivity index (χ0) is 8.53. The Bertz CT molecular complexity index is 334. The van der Waals surface area contributed by atoms with E-state index < -0.39 is 0 Å². The molecule has 6 fully saturated rings. The average Bonchev–Trinajstić information content (AvgIpc) is 2.92. The van der Waals surface area contributed by atoms with Crippen LogP contribution >= 0.6 is 0 Å². The highest BCUT2D eigenvalue weighted by Crippen LogP contribution is 3.00. The lowest BCUT2D eigenvalue weighted by Crippen LogP contribution is -2.21. The number of hydrogen-bond donors (Lipinski definition) is 0. The molecule has 2 heteroatoms. The number of methoxy groups -OCH3 is 1. The molecule has 0 heterocycles. The van der Waals surface area contributed by atoms with Crippen LogP contribution in [0.5, 0.6) is 0 Å². The van der Waals surface area contributed by atoms with Crippen molar-refractivity contribution >= 4 is 5.97 Å². The SMILES string of the molecule is COC(=O)C12C3[C@@H]4[C@H]5C[C@H]([C@@H]34)[C@H]1[C@H]52. The van der Waals surface area contributed by atoms with E-state index in [4.69, 9.17) is 4.74 Å². The van der Waals surface area contributed by atoms with E-state index in [1.807, 2.05) is 0 Å². The summed E-state index contributed by atoms with van der Waals surface area (Å²) >= 11 is 0.